The number of aromatic nitrogens is 1. The van der Waals surface area contributed by atoms with Gasteiger partial charge in [0.15, 0.2) is 0 Å². The lowest BCUT2D eigenvalue weighted by molar-refractivity contribution is -0.122. The summed E-state index contributed by atoms with van der Waals surface area (Å²) in [4.78, 5) is 40.5. The Hall–Kier alpha value is -2.24. The van der Waals surface area contributed by atoms with E-state index in [9.17, 15) is 14.4 Å². The predicted octanol–water partition coefficient (Wildman–Crippen LogP) is 1.46. The third kappa shape index (κ3) is 1.88. The van der Waals surface area contributed by atoms with Crippen LogP contribution in [0.3, 0.4) is 0 Å². The Kier molecular flexibility index (Phi) is 3.00. The van der Waals surface area contributed by atoms with Gasteiger partial charge in [0.2, 0.25) is 11.8 Å². The third-order valence-electron chi connectivity index (χ3n) is 4.07. The van der Waals surface area contributed by atoms with E-state index in [1.165, 1.54) is 18.3 Å². The monoisotopic (exact) mass is 274 g/mol. The Morgan fingerprint density at radius 3 is 2.20 bits per heavy atom. The molecule has 0 bridgehead atoms. The molecule has 2 heterocycles. The van der Waals surface area contributed by atoms with Crippen molar-refractivity contribution < 1.29 is 19.5 Å². The van der Waals surface area contributed by atoms with E-state index in [1.54, 1.807) is 0 Å². The highest BCUT2D eigenvalue weighted by Gasteiger charge is 2.49. The molecular formula is C14H14N2O4. The van der Waals surface area contributed by atoms with Gasteiger partial charge in [-0.25, -0.2) is 14.7 Å². The van der Waals surface area contributed by atoms with Crippen LogP contribution in [0.4, 0.5) is 5.82 Å². The summed E-state index contributed by atoms with van der Waals surface area (Å²) in [6.07, 6.45) is 4.61. The number of pyridine rings is 1. The van der Waals surface area contributed by atoms with Crippen LogP contribution in [0, 0.1) is 11.8 Å². The molecule has 20 heavy (non-hydrogen) atoms. The van der Waals surface area contributed by atoms with Crippen LogP contribution in [0.15, 0.2) is 18.3 Å². The highest BCUT2D eigenvalue weighted by Crippen LogP contribution is 2.39. The summed E-state index contributed by atoms with van der Waals surface area (Å²) in [6.45, 7) is 0. The second kappa shape index (κ2) is 4.70. The fourth-order valence-corrected chi connectivity index (χ4v) is 3.03. The average molecular weight is 274 g/mol. The van der Waals surface area contributed by atoms with Gasteiger partial charge in [0, 0.05) is 6.20 Å². The van der Waals surface area contributed by atoms with Gasteiger partial charge in [-0.05, 0) is 25.0 Å². The first-order valence-corrected chi connectivity index (χ1v) is 6.67. The van der Waals surface area contributed by atoms with Gasteiger partial charge < -0.3 is 5.11 Å². The molecule has 1 aliphatic heterocycles. The number of carboxylic acid groups (broad SMARTS) is 1. The van der Waals surface area contributed by atoms with Crippen molar-refractivity contribution in [1.82, 2.24) is 4.98 Å². The number of fused-ring (bicyclic) bond motifs is 1. The van der Waals surface area contributed by atoms with Crippen LogP contribution in [0.25, 0.3) is 0 Å². The van der Waals surface area contributed by atoms with Crippen molar-refractivity contribution in [3.8, 4) is 0 Å². The summed E-state index contributed by atoms with van der Waals surface area (Å²) >= 11 is 0. The van der Waals surface area contributed by atoms with E-state index >= 15 is 0 Å². The summed E-state index contributed by atoms with van der Waals surface area (Å²) in [7, 11) is 0. The Balaban J connectivity index is 1.91. The molecule has 1 N–H and O–H groups in total. The Labute approximate surface area is 115 Å². The lowest BCUT2D eigenvalue weighted by Crippen LogP contribution is -2.31. The minimum atomic E-state index is -1.09. The minimum Gasteiger partial charge on any atom is -0.478 e. The third-order valence-corrected chi connectivity index (χ3v) is 4.07. The second-order valence-electron chi connectivity index (χ2n) is 5.22. The number of carbonyl (C=O) groups excluding carboxylic acids is 2. The van der Waals surface area contributed by atoms with Crippen molar-refractivity contribution >= 4 is 23.6 Å². The first kappa shape index (κ1) is 12.8. The maximum Gasteiger partial charge on any atom is 0.337 e. The van der Waals surface area contributed by atoms with Crippen LogP contribution < -0.4 is 4.90 Å². The number of carbonyl (C=O) groups is 3. The number of rotatable bonds is 2. The number of nitrogens with zero attached hydrogens (tertiary/aromatic N) is 2. The fraction of sp³-hybridized carbons (Fsp3) is 0.429. The molecule has 0 aromatic carbocycles. The molecule has 6 nitrogen and oxygen atoms in total. The average Bonchev–Trinajstić information content (AvgIpc) is 2.72. The molecule has 2 atom stereocenters. The van der Waals surface area contributed by atoms with Gasteiger partial charge in [-0.15, -0.1) is 0 Å². The highest BCUT2D eigenvalue weighted by molar-refractivity contribution is 6.21. The molecule has 2 amide bonds. The molecule has 2 fully saturated rings. The maximum atomic E-state index is 12.3. The zero-order valence-corrected chi connectivity index (χ0v) is 10.8. The van der Waals surface area contributed by atoms with Crippen LogP contribution >= 0.6 is 0 Å². The van der Waals surface area contributed by atoms with E-state index in [0.29, 0.717) is 0 Å². The summed E-state index contributed by atoms with van der Waals surface area (Å²) in [6, 6.07) is 2.77. The standard InChI is InChI=1S/C14H14N2O4/c17-12-9-3-1-2-4-10(9)13(18)16(12)11-6-5-8(7-15-11)14(19)20/h5-7,9-10H,1-4H2,(H,19,20). The Morgan fingerprint density at radius 2 is 1.75 bits per heavy atom. The summed E-state index contributed by atoms with van der Waals surface area (Å²) in [5, 5.41) is 8.83. The van der Waals surface area contributed by atoms with E-state index in [-0.39, 0.29) is 35.0 Å². The van der Waals surface area contributed by atoms with E-state index in [0.717, 1.165) is 30.6 Å². The molecular weight excluding hydrogens is 260 g/mol. The molecule has 1 saturated carbocycles. The molecule has 1 aromatic heterocycles. The van der Waals surface area contributed by atoms with Crippen molar-refractivity contribution in [3.63, 3.8) is 0 Å². The van der Waals surface area contributed by atoms with E-state index in [1.807, 2.05) is 0 Å². The highest BCUT2D eigenvalue weighted by atomic mass is 16.4. The van der Waals surface area contributed by atoms with Crippen molar-refractivity contribution in [3.05, 3.63) is 23.9 Å². The summed E-state index contributed by atoms with van der Waals surface area (Å²) in [5.41, 5.74) is 0.0326. The summed E-state index contributed by atoms with van der Waals surface area (Å²) < 4.78 is 0. The number of carboxylic acids is 1. The van der Waals surface area contributed by atoms with Gasteiger partial charge >= 0.3 is 5.97 Å². The molecule has 104 valence electrons. The smallest absolute Gasteiger partial charge is 0.337 e. The minimum absolute atomic E-state index is 0.0326. The van der Waals surface area contributed by atoms with Gasteiger partial charge in [0.05, 0.1) is 17.4 Å². The van der Waals surface area contributed by atoms with Crippen molar-refractivity contribution in [2.75, 3.05) is 4.90 Å². The van der Waals surface area contributed by atoms with E-state index in [4.69, 9.17) is 5.11 Å². The van der Waals surface area contributed by atoms with Gasteiger partial charge in [-0.3, -0.25) is 9.59 Å². The number of anilines is 1. The molecule has 3 rings (SSSR count). The molecule has 2 unspecified atom stereocenters. The fourth-order valence-electron chi connectivity index (χ4n) is 3.03. The Morgan fingerprint density at radius 1 is 1.15 bits per heavy atom. The molecule has 6 heteroatoms. The van der Waals surface area contributed by atoms with E-state index in [2.05, 4.69) is 4.98 Å². The van der Waals surface area contributed by atoms with Crippen LogP contribution in [-0.2, 0) is 9.59 Å². The number of hydrogen-bond acceptors (Lipinski definition) is 4. The van der Waals surface area contributed by atoms with Gasteiger partial charge in [0.1, 0.15) is 5.82 Å². The largest absolute Gasteiger partial charge is 0.478 e. The predicted molar refractivity (Wildman–Crippen MR) is 69.1 cm³/mol. The van der Waals surface area contributed by atoms with Gasteiger partial charge in [0.25, 0.3) is 0 Å². The molecule has 0 radical (unpaired) electrons. The van der Waals surface area contributed by atoms with Crippen molar-refractivity contribution in [2.45, 2.75) is 25.7 Å². The normalized spacial score (nSPS) is 25.7. The molecule has 1 aliphatic carbocycles. The van der Waals surface area contributed by atoms with E-state index < -0.39 is 5.97 Å². The van der Waals surface area contributed by atoms with Crippen LogP contribution in [-0.4, -0.2) is 27.9 Å². The first-order valence-electron chi connectivity index (χ1n) is 6.67. The lowest BCUT2D eigenvalue weighted by atomic mass is 9.81. The van der Waals surface area contributed by atoms with Crippen LogP contribution in [0.5, 0.6) is 0 Å². The quantitative estimate of drug-likeness (QED) is 0.825. The SMILES string of the molecule is O=C(O)c1ccc(N2C(=O)C3CCCCC3C2=O)nc1. The van der Waals surface area contributed by atoms with Crippen LogP contribution in [0.1, 0.15) is 36.0 Å². The number of amides is 2. The summed E-state index contributed by atoms with van der Waals surface area (Å²) in [5.74, 6) is -1.71. The second-order valence-corrected chi connectivity index (χ2v) is 5.22. The van der Waals surface area contributed by atoms with Gasteiger partial charge in [-0.1, -0.05) is 12.8 Å². The van der Waals surface area contributed by atoms with Crippen LogP contribution in [0.2, 0.25) is 0 Å². The first-order chi connectivity index (χ1) is 9.59. The zero-order valence-electron chi connectivity index (χ0n) is 10.8. The van der Waals surface area contributed by atoms with Crippen molar-refractivity contribution in [1.29, 1.82) is 0 Å². The number of aromatic carboxylic acids is 1. The number of hydrogen-bond donors (Lipinski definition) is 1. The molecule has 0 spiro atoms. The molecule has 1 aromatic rings. The number of imide groups is 1. The Bertz CT molecular complexity index is 557. The molecule has 1 saturated heterocycles. The van der Waals surface area contributed by atoms with Crippen molar-refractivity contribution in [2.24, 2.45) is 11.8 Å². The molecule has 2 aliphatic rings. The van der Waals surface area contributed by atoms with Gasteiger partial charge in [-0.2, -0.15) is 0 Å². The lowest BCUT2D eigenvalue weighted by Gasteiger charge is -2.19. The zero-order chi connectivity index (χ0) is 14.3. The maximum absolute atomic E-state index is 12.3. The topological polar surface area (TPSA) is 87.6 Å².